The van der Waals surface area contributed by atoms with Crippen LogP contribution in [0.4, 0.5) is 5.69 Å². The maximum absolute atomic E-state index is 12.3. The van der Waals surface area contributed by atoms with Crippen LogP contribution in [0.25, 0.3) is 0 Å². The van der Waals surface area contributed by atoms with Crippen molar-refractivity contribution < 1.29 is 14.3 Å². The molecule has 0 unspecified atom stereocenters. The summed E-state index contributed by atoms with van der Waals surface area (Å²) in [4.78, 5) is 14.5. The van der Waals surface area contributed by atoms with Crippen molar-refractivity contribution in [2.75, 3.05) is 39.2 Å². The van der Waals surface area contributed by atoms with Crippen molar-refractivity contribution in [1.82, 2.24) is 4.90 Å². The summed E-state index contributed by atoms with van der Waals surface area (Å²) in [5, 5.41) is 2.93. The average molecular weight is 306 g/mol. The van der Waals surface area contributed by atoms with E-state index in [0.29, 0.717) is 35.6 Å². The summed E-state index contributed by atoms with van der Waals surface area (Å²) in [7, 11) is 3.19. The normalized spacial score (nSPS) is 22.2. The lowest BCUT2D eigenvalue weighted by molar-refractivity contribution is -0.117. The number of carbonyl (C=O) groups is 1. The topological polar surface area (TPSA) is 50.8 Å². The van der Waals surface area contributed by atoms with Gasteiger partial charge in [-0.3, -0.25) is 9.69 Å². The van der Waals surface area contributed by atoms with Gasteiger partial charge < -0.3 is 14.8 Å². The minimum atomic E-state index is -0.0205. The third-order valence-electron chi connectivity index (χ3n) is 3.99. The molecular formula is C17H26N2O3. The zero-order valence-corrected chi connectivity index (χ0v) is 13.9. The number of benzene rings is 1. The van der Waals surface area contributed by atoms with Gasteiger partial charge >= 0.3 is 0 Å². The first kappa shape index (κ1) is 16.6. The molecule has 1 aromatic carbocycles. The van der Waals surface area contributed by atoms with E-state index in [0.717, 1.165) is 13.1 Å². The first-order valence-corrected chi connectivity index (χ1v) is 7.76. The van der Waals surface area contributed by atoms with Gasteiger partial charge in [-0.25, -0.2) is 0 Å². The number of hydrogen-bond acceptors (Lipinski definition) is 4. The quantitative estimate of drug-likeness (QED) is 0.908. The van der Waals surface area contributed by atoms with Crippen molar-refractivity contribution in [3.63, 3.8) is 0 Å². The number of nitrogens with zero attached hydrogens (tertiary/aromatic N) is 1. The lowest BCUT2D eigenvalue weighted by Gasteiger charge is -2.34. The van der Waals surface area contributed by atoms with Crippen molar-refractivity contribution in [2.24, 2.45) is 11.8 Å². The molecule has 0 bridgehead atoms. The molecule has 22 heavy (non-hydrogen) atoms. The van der Waals surface area contributed by atoms with Crippen molar-refractivity contribution in [1.29, 1.82) is 0 Å². The van der Waals surface area contributed by atoms with Gasteiger partial charge in [0.2, 0.25) is 5.91 Å². The minimum absolute atomic E-state index is 0.0205. The fraction of sp³-hybridized carbons (Fsp3) is 0.588. The molecule has 0 radical (unpaired) electrons. The Balaban J connectivity index is 1.99. The number of amides is 1. The monoisotopic (exact) mass is 306 g/mol. The van der Waals surface area contributed by atoms with Crippen LogP contribution in [0, 0.1) is 11.8 Å². The Morgan fingerprint density at radius 1 is 1.23 bits per heavy atom. The van der Waals surface area contributed by atoms with Gasteiger partial charge in [0.05, 0.1) is 26.5 Å². The molecule has 1 amide bonds. The van der Waals surface area contributed by atoms with E-state index in [1.54, 1.807) is 26.4 Å². The molecule has 2 rings (SSSR count). The van der Waals surface area contributed by atoms with Crippen molar-refractivity contribution in [3.05, 3.63) is 18.2 Å². The molecule has 122 valence electrons. The Morgan fingerprint density at radius 3 is 2.50 bits per heavy atom. The lowest BCUT2D eigenvalue weighted by atomic mass is 9.92. The highest BCUT2D eigenvalue weighted by atomic mass is 16.5. The number of nitrogens with one attached hydrogen (secondary N) is 1. The molecule has 1 fully saturated rings. The van der Waals surface area contributed by atoms with Crippen molar-refractivity contribution >= 4 is 11.6 Å². The molecule has 0 spiro atoms. The first-order valence-electron chi connectivity index (χ1n) is 7.76. The molecule has 1 heterocycles. The van der Waals surface area contributed by atoms with E-state index in [-0.39, 0.29) is 5.91 Å². The minimum Gasteiger partial charge on any atom is -0.497 e. The maximum Gasteiger partial charge on any atom is 0.238 e. The summed E-state index contributed by atoms with van der Waals surface area (Å²) in [6.45, 7) is 6.85. The summed E-state index contributed by atoms with van der Waals surface area (Å²) in [6.07, 6.45) is 1.24. The number of methoxy groups -OCH3 is 2. The van der Waals surface area contributed by atoms with Crippen LogP contribution >= 0.6 is 0 Å². The largest absolute Gasteiger partial charge is 0.497 e. The van der Waals surface area contributed by atoms with Gasteiger partial charge in [-0.1, -0.05) is 13.8 Å². The van der Waals surface area contributed by atoms with Crippen LogP contribution in [0.3, 0.4) is 0 Å². The number of likely N-dealkylation sites (tertiary alicyclic amines) is 1. The summed E-state index contributed by atoms with van der Waals surface area (Å²) in [5.41, 5.74) is 0.643. The molecular weight excluding hydrogens is 280 g/mol. The van der Waals surface area contributed by atoms with Crippen LogP contribution in [0.1, 0.15) is 20.3 Å². The first-order chi connectivity index (χ1) is 10.5. The predicted octanol–water partition coefficient (Wildman–Crippen LogP) is 2.62. The van der Waals surface area contributed by atoms with Crippen LogP contribution < -0.4 is 14.8 Å². The van der Waals surface area contributed by atoms with E-state index in [9.17, 15) is 4.79 Å². The van der Waals surface area contributed by atoms with Crippen LogP contribution in [0.15, 0.2) is 18.2 Å². The van der Waals surface area contributed by atoms with E-state index < -0.39 is 0 Å². The third kappa shape index (κ3) is 4.37. The number of piperidine rings is 1. The standard InChI is InChI=1S/C17H26N2O3/c1-12-7-13(2)10-19(9-12)11-17(20)18-15-8-14(21-3)5-6-16(15)22-4/h5-6,8,12-13H,7,9-11H2,1-4H3,(H,18,20)/t12-,13-/m0/s1. The van der Waals surface area contributed by atoms with Crippen molar-refractivity contribution in [3.8, 4) is 11.5 Å². The lowest BCUT2D eigenvalue weighted by Crippen LogP contribution is -2.42. The van der Waals surface area contributed by atoms with Crippen molar-refractivity contribution in [2.45, 2.75) is 20.3 Å². The Kier molecular flexibility index (Phi) is 5.66. The maximum atomic E-state index is 12.3. The van der Waals surface area contributed by atoms with E-state index in [1.165, 1.54) is 6.42 Å². The molecule has 1 aliphatic heterocycles. The zero-order chi connectivity index (χ0) is 16.1. The summed E-state index contributed by atoms with van der Waals surface area (Å²) in [5.74, 6) is 2.59. The van der Waals surface area contributed by atoms with Crippen LogP contribution in [0.2, 0.25) is 0 Å². The van der Waals surface area contributed by atoms with Gasteiger partial charge in [-0.05, 0) is 30.4 Å². The average Bonchev–Trinajstić information content (AvgIpc) is 2.45. The van der Waals surface area contributed by atoms with Gasteiger partial charge in [0, 0.05) is 19.2 Å². The molecule has 1 aromatic rings. The number of rotatable bonds is 5. The molecule has 0 saturated carbocycles. The molecule has 1 saturated heterocycles. The van der Waals surface area contributed by atoms with E-state index in [1.807, 2.05) is 6.07 Å². The van der Waals surface area contributed by atoms with Crippen LogP contribution in [-0.2, 0) is 4.79 Å². The molecule has 1 aliphatic rings. The van der Waals surface area contributed by atoms with Gasteiger partial charge in [0.1, 0.15) is 11.5 Å². The second-order valence-corrected chi connectivity index (χ2v) is 6.25. The number of anilines is 1. The van der Waals surface area contributed by atoms with Gasteiger partial charge in [-0.15, -0.1) is 0 Å². The zero-order valence-electron chi connectivity index (χ0n) is 13.9. The molecule has 5 nitrogen and oxygen atoms in total. The van der Waals surface area contributed by atoms with E-state index in [4.69, 9.17) is 9.47 Å². The Hall–Kier alpha value is -1.75. The fourth-order valence-electron chi connectivity index (χ4n) is 3.23. The van der Waals surface area contributed by atoms with Gasteiger partial charge in [0.25, 0.3) is 0 Å². The highest BCUT2D eigenvalue weighted by molar-refractivity contribution is 5.94. The molecule has 1 N–H and O–H groups in total. The molecule has 5 heteroatoms. The third-order valence-corrected chi connectivity index (χ3v) is 3.99. The number of carbonyl (C=O) groups excluding carboxylic acids is 1. The smallest absolute Gasteiger partial charge is 0.238 e. The predicted molar refractivity (Wildman–Crippen MR) is 87.6 cm³/mol. The van der Waals surface area contributed by atoms with Gasteiger partial charge in [-0.2, -0.15) is 0 Å². The SMILES string of the molecule is COc1ccc(OC)c(NC(=O)CN2C[C@@H](C)C[C@H](C)C2)c1. The summed E-state index contributed by atoms with van der Waals surface area (Å²) in [6, 6.07) is 5.38. The highest BCUT2D eigenvalue weighted by Gasteiger charge is 2.23. The number of hydrogen-bond donors (Lipinski definition) is 1. The Morgan fingerprint density at radius 2 is 1.91 bits per heavy atom. The molecule has 0 aromatic heterocycles. The van der Waals surface area contributed by atoms with E-state index >= 15 is 0 Å². The van der Waals surface area contributed by atoms with Gasteiger partial charge in [0.15, 0.2) is 0 Å². The van der Waals surface area contributed by atoms with Crippen LogP contribution in [-0.4, -0.2) is 44.7 Å². The summed E-state index contributed by atoms with van der Waals surface area (Å²) < 4.78 is 10.5. The molecule has 0 aliphatic carbocycles. The van der Waals surface area contributed by atoms with Crippen LogP contribution in [0.5, 0.6) is 11.5 Å². The summed E-state index contributed by atoms with van der Waals surface area (Å²) >= 11 is 0. The second-order valence-electron chi connectivity index (χ2n) is 6.25. The second kappa shape index (κ2) is 7.49. The highest BCUT2D eigenvalue weighted by Crippen LogP contribution is 2.29. The molecule has 2 atom stereocenters. The van der Waals surface area contributed by atoms with E-state index in [2.05, 4.69) is 24.1 Å². The Labute approximate surface area is 132 Å². The fourth-order valence-corrected chi connectivity index (χ4v) is 3.23. The Bertz CT molecular complexity index is 509. The number of ether oxygens (including phenoxy) is 2.